The molecule has 0 N–H and O–H groups in total. The zero-order chi connectivity index (χ0) is 19.3. The molecular weight excluding hydrogens is 360 g/mol. The lowest BCUT2D eigenvalue weighted by Gasteiger charge is -2.40. The number of hydrogen-bond donors (Lipinski definition) is 0. The maximum Gasteiger partial charge on any atom is 0.326 e. The molecular formula is C20H30N4O4. The van der Waals surface area contributed by atoms with Crippen LogP contribution in [0, 0.1) is 0 Å². The monoisotopic (exact) mass is 390 g/mol. The minimum Gasteiger partial charge on any atom is -0.461 e. The van der Waals surface area contributed by atoms with Gasteiger partial charge in [-0.1, -0.05) is 0 Å². The Bertz CT molecular complexity index is 674. The number of aromatic nitrogens is 2. The van der Waals surface area contributed by atoms with Crippen LogP contribution in [0.15, 0.2) is 12.4 Å². The normalized spacial score (nSPS) is 21.6. The fraction of sp³-hybridized carbons (Fsp3) is 0.750. The van der Waals surface area contributed by atoms with Gasteiger partial charge in [-0.2, -0.15) is 0 Å². The molecule has 1 aromatic heterocycles. The van der Waals surface area contributed by atoms with Gasteiger partial charge in [0.1, 0.15) is 18.5 Å². The number of carbonyl (C=O) groups is 2. The van der Waals surface area contributed by atoms with Crippen molar-refractivity contribution in [3.8, 4) is 0 Å². The molecule has 0 atom stereocenters. The zero-order valence-corrected chi connectivity index (χ0v) is 16.4. The van der Waals surface area contributed by atoms with E-state index in [1.54, 1.807) is 17.0 Å². The quantitative estimate of drug-likeness (QED) is 0.643. The third kappa shape index (κ3) is 5.11. The van der Waals surface area contributed by atoms with Crippen LogP contribution in [0.5, 0.6) is 0 Å². The van der Waals surface area contributed by atoms with Crippen molar-refractivity contribution in [3.63, 3.8) is 0 Å². The Hall–Kier alpha value is -1.93. The Labute approximate surface area is 165 Å². The highest BCUT2D eigenvalue weighted by Crippen LogP contribution is 2.23. The van der Waals surface area contributed by atoms with Crippen LogP contribution in [0.25, 0.3) is 0 Å². The molecule has 28 heavy (non-hydrogen) atoms. The second-order valence-corrected chi connectivity index (χ2v) is 7.92. The largest absolute Gasteiger partial charge is 0.461 e. The van der Waals surface area contributed by atoms with Crippen LogP contribution < -0.4 is 0 Å². The van der Waals surface area contributed by atoms with Crippen molar-refractivity contribution >= 4 is 11.9 Å². The molecule has 1 aliphatic carbocycles. The maximum absolute atomic E-state index is 12.6. The number of amides is 1. The summed E-state index contributed by atoms with van der Waals surface area (Å²) in [5.74, 6) is 0.720. The number of likely N-dealkylation sites (tertiary alicyclic amines) is 1. The number of aryl methyl sites for hydroxylation is 1. The van der Waals surface area contributed by atoms with E-state index in [1.807, 2.05) is 4.90 Å². The van der Waals surface area contributed by atoms with Crippen molar-refractivity contribution in [3.05, 3.63) is 18.2 Å². The number of ether oxygens (including phenoxy) is 2. The Kier molecular flexibility index (Phi) is 6.26. The molecule has 8 heteroatoms. The Morgan fingerprint density at radius 2 is 1.86 bits per heavy atom. The van der Waals surface area contributed by atoms with Crippen molar-refractivity contribution in [2.75, 3.05) is 39.4 Å². The van der Waals surface area contributed by atoms with E-state index in [2.05, 4.69) is 9.88 Å². The minimum absolute atomic E-state index is 0.112. The number of morpholine rings is 1. The molecule has 1 saturated carbocycles. The molecule has 2 saturated heterocycles. The van der Waals surface area contributed by atoms with Gasteiger partial charge >= 0.3 is 5.97 Å². The first-order valence-corrected chi connectivity index (χ1v) is 10.5. The van der Waals surface area contributed by atoms with Crippen LogP contribution in [0.4, 0.5) is 0 Å². The number of carbonyl (C=O) groups excluding carboxylic acids is 2. The van der Waals surface area contributed by atoms with Gasteiger partial charge in [0.05, 0.1) is 13.2 Å². The smallest absolute Gasteiger partial charge is 0.326 e. The number of rotatable bonds is 7. The molecule has 4 rings (SSSR count). The molecule has 0 bridgehead atoms. The van der Waals surface area contributed by atoms with Gasteiger partial charge in [-0.05, 0) is 25.7 Å². The summed E-state index contributed by atoms with van der Waals surface area (Å²) in [4.78, 5) is 33.3. The first kappa shape index (κ1) is 19.4. The fourth-order valence-electron chi connectivity index (χ4n) is 4.06. The summed E-state index contributed by atoms with van der Waals surface area (Å²) in [6, 6.07) is 0.573. The Balaban J connectivity index is 1.20. The van der Waals surface area contributed by atoms with Crippen LogP contribution in [0.1, 0.15) is 37.9 Å². The number of esters is 1. The van der Waals surface area contributed by atoms with Gasteiger partial charge in [0.2, 0.25) is 5.91 Å². The molecule has 0 unspecified atom stereocenters. The van der Waals surface area contributed by atoms with E-state index in [-0.39, 0.29) is 24.5 Å². The summed E-state index contributed by atoms with van der Waals surface area (Å²) in [6.45, 7) is 5.46. The highest BCUT2D eigenvalue weighted by Gasteiger charge is 2.28. The average Bonchev–Trinajstić information content (AvgIpc) is 3.43. The van der Waals surface area contributed by atoms with Gasteiger partial charge in [-0.15, -0.1) is 0 Å². The summed E-state index contributed by atoms with van der Waals surface area (Å²) < 4.78 is 12.5. The Morgan fingerprint density at radius 1 is 1.11 bits per heavy atom. The van der Waals surface area contributed by atoms with Crippen molar-refractivity contribution in [1.29, 1.82) is 0 Å². The van der Waals surface area contributed by atoms with E-state index in [0.29, 0.717) is 18.9 Å². The lowest BCUT2D eigenvalue weighted by atomic mass is 10.0. The van der Waals surface area contributed by atoms with Gasteiger partial charge in [-0.25, -0.2) is 4.98 Å². The summed E-state index contributed by atoms with van der Waals surface area (Å²) in [5, 5.41) is 0. The SMILES string of the molecule is O=C(Cn1ccnc1CCC(=O)N1CCC(N2CCOCC2)CC1)OC1CC1. The second kappa shape index (κ2) is 9.05. The molecule has 3 fully saturated rings. The van der Waals surface area contributed by atoms with E-state index in [0.717, 1.165) is 70.9 Å². The molecule has 2 aliphatic heterocycles. The second-order valence-electron chi connectivity index (χ2n) is 7.92. The third-order valence-electron chi connectivity index (χ3n) is 5.87. The van der Waals surface area contributed by atoms with Crippen molar-refractivity contribution in [2.45, 2.75) is 57.2 Å². The van der Waals surface area contributed by atoms with E-state index in [4.69, 9.17) is 9.47 Å². The van der Waals surface area contributed by atoms with Gasteiger partial charge in [-0.3, -0.25) is 14.5 Å². The summed E-state index contributed by atoms with van der Waals surface area (Å²) in [6.07, 6.45) is 8.56. The standard InChI is InChI=1S/C20H30N4O4/c25-19(23-8-5-16(6-9-23)22-11-13-27-14-12-22)4-3-18-21-7-10-24(18)15-20(26)28-17-1-2-17/h7,10,16-17H,1-6,8-9,11-15H2. The fourth-order valence-corrected chi connectivity index (χ4v) is 4.06. The van der Waals surface area contributed by atoms with E-state index >= 15 is 0 Å². The number of piperidine rings is 1. The topological polar surface area (TPSA) is 76.9 Å². The summed E-state index contributed by atoms with van der Waals surface area (Å²) in [7, 11) is 0. The molecule has 3 heterocycles. The van der Waals surface area contributed by atoms with Crippen molar-refractivity contribution in [2.24, 2.45) is 0 Å². The molecule has 0 aromatic carbocycles. The van der Waals surface area contributed by atoms with Crippen LogP contribution in [-0.4, -0.2) is 82.8 Å². The van der Waals surface area contributed by atoms with Crippen LogP contribution in [0.2, 0.25) is 0 Å². The highest BCUT2D eigenvalue weighted by atomic mass is 16.5. The molecule has 0 spiro atoms. The van der Waals surface area contributed by atoms with Gasteiger partial charge in [0.15, 0.2) is 0 Å². The minimum atomic E-state index is -0.224. The molecule has 8 nitrogen and oxygen atoms in total. The van der Waals surface area contributed by atoms with E-state index in [9.17, 15) is 9.59 Å². The van der Waals surface area contributed by atoms with Crippen molar-refractivity contribution in [1.82, 2.24) is 19.4 Å². The highest BCUT2D eigenvalue weighted by molar-refractivity contribution is 5.76. The predicted octanol–water partition coefficient (Wildman–Crippen LogP) is 0.845. The van der Waals surface area contributed by atoms with Crippen LogP contribution in [-0.2, 0) is 32.0 Å². The first-order chi connectivity index (χ1) is 13.7. The van der Waals surface area contributed by atoms with Gasteiger partial charge < -0.3 is 18.9 Å². The zero-order valence-electron chi connectivity index (χ0n) is 16.4. The van der Waals surface area contributed by atoms with Crippen LogP contribution >= 0.6 is 0 Å². The predicted molar refractivity (Wildman–Crippen MR) is 102 cm³/mol. The molecule has 1 aromatic rings. The molecule has 0 radical (unpaired) electrons. The van der Waals surface area contributed by atoms with Crippen LogP contribution in [0.3, 0.4) is 0 Å². The average molecular weight is 390 g/mol. The van der Waals surface area contributed by atoms with Gasteiger partial charge in [0, 0.05) is 57.5 Å². The Morgan fingerprint density at radius 3 is 2.57 bits per heavy atom. The number of nitrogens with zero attached hydrogens (tertiary/aromatic N) is 4. The third-order valence-corrected chi connectivity index (χ3v) is 5.87. The molecule has 1 amide bonds. The van der Waals surface area contributed by atoms with E-state index < -0.39 is 0 Å². The van der Waals surface area contributed by atoms with E-state index in [1.165, 1.54) is 0 Å². The number of hydrogen-bond acceptors (Lipinski definition) is 6. The lowest BCUT2D eigenvalue weighted by molar-refractivity contribution is -0.145. The summed E-state index contributed by atoms with van der Waals surface area (Å²) >= 11 is 0. The molecule has 3 aliphatic rings. The first-order valence-electron chi connectivity index (χ1n) is 10.5. The lowest BCUT2D eigenvalue weighted by Crippen LogP contribution is -2.50. The maximum atomic E-state index is 12.6. The number of imidazole rings is 1. The summed E-state index contributed by atoms with van der Waals surface area (Å²) in [5.41, 5.74) is 0. The van der Waals surface area contributed by atoms with Crippen molar-refractivity contribution < 1.29 is 19.1 Å². The molecule has 154 valence electrons. The van der Waals surface area contributed by atoms with Gasteiger partial charge in [0.25, 0.3) is 0 Å².